The monoisotopic (exact) mass is 594 g/mol. The molecular weight excluding hydrogens is 566 g/mol. The number of rotatable bonds is 2. The van der Waals surface area contributed by atoms with Crippen LogP contribution in [0.4, 0.5) is 0 Å². The maximum atomic E-state index is 2.60. The van der Waals surface area contributed by atoms with Gasteiger partial charge in [-0.25, -0.2) is 0 Å². The summed E-state index contributed by atoms with van der Waals surface area (Å²) < 4.78 is 1.53. The Morgan fingerprint density at radius 3 is 1.36 bits per heavy atom. The van der Waals surface area contributed by atoms with Crippen molar-refractivity contribution in [1.29, 1.82) is 0 Å². The number of hydrogen-bond donors (Lipinski definition) is 0. The molecular formula is C24H28Cl2HfSi. The maximum absolute atomic E-state index is 2.60. The van der Waals surface area contributed by atoms with E-state index in [1.54, 1.807) is 11.1 Å². The first-order valence-electron chi connectivity index (χ1n) is 9.64. The van der Waals surface area contributed by atoms with Crippen LogP contribution in [0.1, 0.15) is 51.9 Å². The zero-order valence-corrected chi connectivity index (χ0v) is 23.6. The fraction of sp³-hybridized carbons (Fsp3) is 0.333. The van der Waals surface area contributed by atoms with Crippen LogP contribution in [0.25, 0.3) is 12.2 Å². The van der Waals surface area contributed by atoms with Crippen LogP contribution in [-0.4, -0.2) is 5.49 Å². The maximum Gasteiger partial charge on any atom is -1.00 e. The quantitative estimate of drug-likeness (QED) is 0.449. The Labute approximate surface area is 190 Å². The van der Waals surface area contributed by atoms with E-state index in [0.717, 1.165) is 7.35 Å². The normalized spacial score (nSPS) is 17.9. The van der Waals surface area contributed by atoms with Crippen LogP contribution in [0.3, 0.4) is 0 Å². The van der Waals surface area contributed by atoms with Crippen LogP contribution < -0.4 is 24.8 Å². The van der Waals surface area contributed by atoms with E-state index in [-0.39, 0.29) is 30.3 Å². The first kappa shape index (κ1) is 23.9. The number of fused-ring (bicyclic) bond motifs is 2. The Balaban J connectivity index is 0.00000140. The van der Waals surface area contributed by atoms with Gasteiger partial charge in [0, 0.05) is 0 Å². The van der Waals surface area contributed by atoms with Crippen molar-refractivity contribution in [3.05, 3.63) is 80.9 Å². The number of allylic oxidation sites excluding steroid dienone is 2. The number of aryl methyl sites for hydroxylation is 4. The molecule has 0 saturated heterocycles. The van der Waals surface area contributed by atoms with Crippen LogP contribution in [0.2, 0.25) is 13.1 Å². The standard InChI is InChI=1S/2C11H11.C2H6Si.2ClH.Hf/c2*1-8-6-7-9(2)11-5-3-4-10(8)11;1-3-2;;;/h2*3-7H,1-2H3;1-2H3;2*1H;/q;;;;;+2/p-2. The van der Waals surface area contributed by atoms with Gasteiger partial charge in [-0.05, 0) is 0 Å². The van der Waals surface area contributed by atoms with E-state index in [2.05, 4.69) is 89.4 Å². The smallest absolute Gasteiger partial charge is 1.00 e. The minimum Gasteiger partial charge on any atom is -1.00 e. The van der Waals surface area contributed by atoms with E-state index >= 15 is 0 Å². The van der Waals surface area contributed by atoms with E-state index in [0.29, 0.717) is 0 Å². The Kier molecular flexibility index (Phi) is 7.81. The minimum atomic E-state index is -1.99. The van der Waals surface area contributed by atoms with Gasteiger partial charge < -0.3 is 24.8 Å². The van der Waals surface area contributed by atoms with Crippen LogP contribution in [0, 0.1) is 27.7 Å². The molecule has 0 fully saturated rings. The summed E-state index contributed by atoms with van der Waals surface area (Å²) in [7, 11) is 0. The van der Waals surface area contributed by atoms with E-state index in [9.17, 15) is 0 Å². The molecule has 0 heterocycles. The largest absolute Gasteiger partial charge is 1.00 e. The third kappa shape index (κ3) is 3.83. The number of hydrogen-bond acceptors (Lipinski definition) is 0. The van der Waals surface area contributed by atoms with Crippen LogP contribution in [0.15, 0.2) is 36.4 Å². The first-order valence-corrected chi connectivity index (χ1v) is 21.7. The molecule has 0 radical (unpaired) electrons. The third-order valence-corrected chi connectivity index (χ3v) is 33.2. The molecule has 2 unspecified atom stereocenters. The number of halogens is 2. The molecule has 2 atom stereocenters. The molecule has 2 aliphatic carbocycles. The summed E-state index contributed by atoms with van der Waals surface area (Å²) in [6.07, 6.45) is 10.1. The van der Waals surface area contributed by atoms with Crippen molar-refractivity contribution in [2.24, 2.45) is 0 Å². The Morgan fingerprint density at radius 2 is 1.00 bits per heavy atom. The molecule has 0 aliphatic heterocycles. The van der Waals surface area contributed by atoms with Gasteiger partial charge in [0.2, 0.25) is 0 Å². The zero-order chi connectivity index (χ0) is 18.6. The SMILES string of the molecule is Cc1ccc(C)c2c1C=C[CH]2[Hf+2]([CH]1C=Cc2c(C)ccc(C)c21)=[Si](C)C.[Cl-].[Cl-]. The van der Waals surface area contributed by atoms with Gasteiger partial charge in [-0.15, -0.1) is 0 Å². The topological polar surface area (TPSA) is 0 Å². The predicted molar refractivity (Wildman–Crippen MR) is 113 cm³/mol. The molecule has 4 rings (SSSR count). The van der Waals surface area contributed by atoms with Crippen LogP contribution in [-0.2, 0) is 20.1 Å². The summed E-state index contributed by atoms with van der Waals surface area (Å²) in [5.41, 5.74) is 12.1. The van der Waals surface area contributed by atoms with E-state index in [1.807, 2.05) is 0 Å². The van der Waals surface area contributed by atoms with Crippen molar-refractivity contribution in [3.63, 3.8) is 0 Å². The molecule has 0 bridgehead atoms. The Morgan fingerprint density at radius 1 is 0.643 bits per heavy atom. The molecule has 2 aliphatic rings. The average Bonchev–Trinajstić information content (AvgIpc) is 3.22. The van der Waals surface area contributed by atoms with Crippen molar-refractivity contribution < 1.29 is 44.9 Å². The van der Waals surface area contributed by atoms with Gasteiger partial charge in [-0.2, -0.15) is 0 Å². The van der Waals surface area contributed by atoms with Gasteiger partial charge in [-0.3, -0.25) is 0 Å². The van der Waals surface area contributed by atoms with E-state index in [1.165, 1.54) is 33.4 Å². The van der Waals surface area contributed by atoms with Crippen molar-refractivity contribution in [3.8, 4) is 0 Å². The first-order chi connectivity index (χ1) is 12.4. The molecule has 0 N–H and O–H groups in total. The molecule has 2 aromatic carbocycles. The molecule has 146 valence electrons. The van der Waals surface area contributed by atoms with Gasteiger partial charge in [-0.1, -0.05) is 0 Å². The molecule has 0 amide bonds. The van der Waals surface area contributed by atoms with E-state index in [4.69, 9.17) is 0 Å². The van der Waals surface area contributed by atoms with Gasteiger partial charge >= 0.3 is 167 Å². The summed E-state index contributed by atoms with van der Waals surface area (Å²) in [5.74, 6) is 0. The van der Waals surface area contributed by atoms with Crippen LogP contribution >= 0.6 is 0 Å². The molecule has 0 spiro atoms. The molecule has 0 nitrogen and oxygen atoms in total. The number of benzene rings is 2. The summed E-state index contributed by atoms with van der Waals surface area (Å²) in [6, 6.07) is 9.30. The van der Waals surface area contributed by atoms with Crippen molar-refractivity contribution in [1.82, 2.24) is 0 Å². The third-order valence-electron chi connectivity index (χ3n) is 6.23. The van der Waals surface area contributed by atoms with E-state index < -0.39 is 20.1 Å². The Bertz CT molecular complexity index is 938. The fourth-order valence-corrected chi connectivity index (χ4v) is 32.0. The summed E-state index contributed by atoms with van der Waals surface area (Å²) in [5, 5.41) is 0. The second kappa shape index (κ2) is 9.16. The van der Waals surface area contributed by atoms with Gasteiger partial charge in [0.15, 0.2) is 0 Å². The van der Waals surface area contributed by atoms with Crippen molar-refractivity contribution in [2.75, 3.05) is 0 Å². The van der Waals surface area contributed by atoms with Gasteiger partial charge in [0.05, 0.1) is 0 Å². The Hall–Kier alpha value is -0.413. The molecule has 2 aromatic rings. The van der Waals surface area contributed by atoms with Crippen molar-refractivity contribution >= 4 is 17.6 Å². The van der Waals surface area contributed by atoms with Gasteiger partial charge in [0.1, 0.15) is 0 Å². The van der Waals surface area contributed by atoms with Crippen molar-refractivity contribution in [2.45, 2.75) is 48.1 Å². The average molecular weight is 594 g/mol. The molecule has 4 heteroatoms. The van der Waals surface area contributed by atoms with Crippen LogP contribution in [0.5, 0.6) is 0 Å². The second-order valence-electron chi connectivity index (χ2n) is 8.18. The predicted octanol–water partition coefficient (Wildman–Crippen LogP) is 0.634. The summed E-state index contributed by atoms with van der Waals surface area (Å²) in [6.45, 7) is 14.4. The molecule has 0 saturated carbocycles. The fourth-order valence-electron chi connectivity index (χ4n) is 4.89. The summed E-state index contributed by atoms with van der Waals surface area (Å²) in [4.78, 5) is 0. The summed E-state index contributed by atoms with van der Waals surface area (Å²) >= 11 is -1.99. The zero-order valence-electron chi connectivity index (χ0n) is 17.5. The van der Waals surface area contributed by atoms with Gasteiger partial charge in [0.25, 0.3) is 0 Å². The molecule has 0 aromatic heterocycles. The minimum absolute atomic E-state index is 0. The molecule has 28 heavy (non-hydrogen) atoms. The second-order valence-corrected chi connectivity index (χ2v) is 33.4.